The van der Waals surface area contributed by atoms with E-state index in [0.717, 1.165) is 11.1 Å². The van der Waals surface area contributed by atoms with Crippen molar-refractivity contribution in [1.29, 1.82) is 0 Å². The average molecular weight is 379 g/mol. The van der Waals surface area contributed by atoms with Gasteiger partial charge in [0.2, 0.25) is 10.0 Å². The second kappa shape index (κ2) is 8.91. The lowest BCUT2D eigenvalue weighted by Gasteiger charge is -2.12. The standard InChI is InChI=1S/C19H25NO5S/c1-5-25-17-9-7-16(12-14(17)2)26(21,22)20-11-10-15-6-8-18(23-3)19(13-15)24-4/h6-9,12-13,20H,5,10-11H2,1-4H3. The van der Waals surface area contributed by atoms with Crippen LogP contribution >= 0.6 is 0 Å². The summed E-state index contributed by atoms with van der Waals surface area (Å²) in [6.45, 7) is 4.54. The Labute approximate surface area is 155 Å². The Balaban J connectivity index is 2.03. The Hall–Kier alpha value is -2.25. The minimum atomic E-state index is -3.57. The lowest BCUT2D eigenvalue weighted by molar-refractivity contribution is 0.337. The molecule has 0 atom stereocenters. The van der Waals surface area contributed by atoms with E-state index in [9.17, 15) is 8.42 Å². The summed E-state index contributed by atoms with van der Waals surface area (Å²) < 4.78 is 43.5. The van der Waals surface area contributed by atoms with E-state index in [1.54, 1.807) is 38.5 Å². The molecule has 0 aromatic heterocycles. The zero-order valence-corrected chi connectivity index (χ0v) is 16.4. The van der Waals surface area contributed by atoms with Gasteiger partial charge in [-0.2, -0.15) is 0 Å². The van der Waals surface area contributed by atoms with Gasteiger partial charge in [0, 0.05) is 6.54 Å². The first-order chi connectivity index (χ1) is 12.4. The summed E-state index contributed by atoms with van der Waals surface area (Å²) in [6, 6.07) is 10.4. The summed E-state index contributed by atoms with van der Waals surface area (Å²) in [5.41, 5.74) is 1.74. The Bertz CT molecular complexity index is 849. The van der Waals surface area contributed by atoms with Crippen molar-refractivity contribution in [2.75, 3.05) is 27.4 Å². The van der Waals surface area contributed by atoms with Crippen molar-refractivity contribution in [1.82, 2.24) is 4.72 Å². The van der Waals surface area contributed by atoms with Gasteiger partial charge in [0.05, 0.1) is 25.7 Å². The van der Waals surface area contributed by atoms with Gasteiger partial charge < -0.3 is 14.2 Å². The summed E-state index contributed by atoms with van der Waals surface area (Å²) in [5.74, 6) is 1.95. The van der Waals surface area contributed by atoms with Crippen LogP contribution in [0.3, 0.4) is 0 Å². The van der Waals surface area contributed by atoms with E-state index in [2.05, 4.69) is 4.72 Å². The van der Waals surface area contributed by atoms with Crippen molar-refractivity contribution in [2.24, 2.45) is 0 Å². The number of benzene rings is 2. The third-order valence-corrected chi connectivity index (χ3v) is 5.37. The van der Waals surface area contributed by atoms with Crippen LogP contribution in [-0.2, 0) is 16.4 Å². The highest BCUT2D eigenvalue weighted by Crippen LogP contribution is 2.27. The average Bonchev–Trinajstić information content (AvgIpc) is 2.63. The first-order valence-electron chi connectivity index (χ1n) is 8.35. The molecular weight excluding hydrogens is 354 g/mol. The third-order valence-electron chi connectivity index (χ3n) is 3.91. The second-order valence-corrected chi connectivity index (χ2v) is 7.46. The van der Waals surface area contributed by atoms with Crippen LogP contribution in [0.25, 0.3) is 0 Å². The lowest BCUT2D eigenvalue weighted by Crippen LogP contribution is -2.26. The van der Waals surface area contributed by atoms with Crippen LogP contribution in [0, 0.1) is 6.92 Å². The first kappa shape index (κ1) is 20.1. The van der Waals surface area contributed by atoms with E-state index in [4.69, 9.17) is 14.2 Å². The molecule has 142 valence electrons. The molecule has 0 aliphatic carbocycles. The largest absolute Gasteiger partial charge is 0.494 e. The van der Waals surface area contributed by atoms with Crippen molar-refractivity contribution in [3.63, 3.8) is 0 Å². The Morgan fingerprint density at radius 2 is 1.65 bits per heavy atom. The van der Waals surface area contributed by atoms with Crippen molar-refractivity contribution in [3.8, 4) is 17.2 Å². The van der Waals surface area contributed by atoms with Crippen LogP contribution in [0.4, 0.5) is 0 Å². The highest BCUT2D eigenvalue weighted by molar-refractivity contribution is 7.89. The number of aryl methyl sites for hydroxylation is 1. The van der Waals surface area contributed by atoms with Gasteiger partial charge in [0.1, 0.15) is 5.75 Å². The number of ether oxygens (including phenoxy) is 3. The smallest absolute Gasteiger partial charge is 0.240 e. The molecule has 0 amide bonds. The third kappa shape index (κ3) is 4.89. The Kier molecular flexibility index (Phi) is 6.88. The summed E-state index contributed by atoms with van der Waals surface area (Å²) in [6.07, 6.45) is 0.537. The Morgan fingerprint density at radius 1 is 0.962 bits per heavy atom. The van der Waals surface area contributed by atoms with E-state index >= 15 is 0 Å². The number of sulfonamides is 1. The van der Waals surface area contributed by atoms with Crippen molar-refractivity contribution >= 4 is 10.0 Å². The topological polar surface area (TPSA) is 73.9 Å². The molecule has 26 heavy (non-hydrogen) atoms. The van der Waals surface area contributed by atoms with Gasteiger partial charge in [-0.1, -0.05) is 6.07 Å². The molecule has 6 nitrogen and oxygen atoms in total. The zero-order chi connectivity index (χ0) is 19.2. The molecule has 2 aromatic rings. The van der Waals surface area contributed by atoms with Crippen LogP contribution in [0.15, 0.2) is 41.3 Å². The van der Waals surface area contributed by atoms with Gasteiger partial charge in [0.25, 0.3) is 0 Å². The van der Waals surface area contributed by atoms with Crippen LogP contribution < -0.4 is 18.9 Å². The molecule has 0 fully saturated rings. The molecule has 0 radical (unpaired) electrons. The highest BCUT2D eigenvalue weighted by Gasteiger charge is 2.15. The number of methoxy groups -OCH3 is 2. The van der Waals surface area contributed by atoms with Crippen molar-refractivity contribution in [2.45, 2.75) is 25.2 Å². The minimum Gasteiger partial charge on any atom is -0.494 e. The molecule has 7 heteroatoms. The van der Waals surface area contributed by atoms with Gasteiger partial charge in [-0.15, -0.1) is 0 Å². The van der Waals surface area contributed by atoms with Crippen molar-refractivity contribution < 1.29 is 22.6 Å². The fourth-order valence-electron chi connectivity index (χ4n) is 2.56. The van der Waals surface area contributed by atoms with Gasteiger partial charge in [0.15, 0.2) is 11.5 Å². The van der Waals surface area contributed by atoms with Gasteiger partial charge in [-0.25, -0.2) is 13.1 Å². The molecule has 0 saturated carbocycles. The molecule has 0 unspecified atom stereocenters. The van der Waals surface area contributed by atoms with E-state index in [0.29, 0.717) is 30.3 Å². The molecule has 0 spiro atoms. The maximum Gasteiger partial charge on any atom is 0.240 e. The van der Waals surface area contributed by atoms with E-state index < -0.39 is 10.0 Å². The number of rotatable bonds is 9. The van der Waals surface area contributed by atoms with Crippen LogP contribution in [0.5, 0.6) is 17.2 Å². The number of nitrogens with one attached hydrogen (secondary N) is 1. The molecule has 0 saturated heterocycles. The molecule has 0 aliphatic heterocycles. The maximum absolute atomic E-state index is 12.5. The van der Waals surface area contributed by atoms with Crippen molar-refractivity contribution in [3.05, 3.63) is 47.5 Å². The lowest BCUT2D eigenvalue weighted by atomic mass is 10.1. The molecule has 0 heterocycles. The predicted molar refractivity (Wildman–Crippen MR) is 101 cm³/mol. The van der Waals surface area contributed by atoms with Gasteiger partial charge in [-0.3, -0.25) is 0 Å². The monoisotopic (exact) mass is 379 g/mol. The first-order valence-corrected chi connectivity index (χ1v) is 9.83. The summed E-state index contributed by atoms with van der Waals surface area (Å²) in [7, 11) is -0.433. The molecule has 1 N–H and O–H groups in total. The normalized spacial score (nSPS) is 11.2. The van der Waals surface area contributed by atoms with Crippen LogP contribution in [-0.4, -0.2) is 35.8 Å². The second-order valence-electron chi connectivity index (χ2n) is 5.70. The fraction of sp³-hybridized carbons (Fsp3) is 0.368. The SMILES string of the molecule is CCOc1ccc(S(=O)(=O)NCCc2ccc(OC)c(OC)c2)cc1C. The van der Waals surface area contributed by atoms with Crippen LogP contribution in [0.2, 0.25) is 0 Å². The summed E-state index contributed by atoms with van der Waals surface area (Å²) >= 11 is 0. The van der Waals surface area contributed by atoms with E-state index in [-0.39, 0.29) is 11.4 Å². The summed E-state index contributed by atoms with van der Waals surface area (Å²) in [5, 5.41) is 0. The summed E-state index contributed by atoms with van der Waals surface area (Å²) in [4.78, 5) is 0.228. The van der Waals surface area contributed by atoms with Gasteiger partial charge >= 0.3 is 0 Å². The number of hydrogen-bond acceptors (Lipinski definition) is 5. The molecule has 0 bridgehead atoms. The fourth-order valence-corrected chi connectivity index (χ4v) is 3.67. The highest BCUT2D eigenvalue weighted by atomic mass is 32.2. The van der Waals surface area contributed by atoms with E-state index in [1.807, 2.05) is 26.0 Å². The van der Waals surface area contributed by atoms with Crippen LogP contribution in [0.1, 0.15) is 18.1 Å². The molecule has 2 rings (SSSR count). The minimum absolute atomic E-state index is 0.228. The van der Waals surface area contributed by atoms with E-state index in [1.165, 1.54) is 0 Å². The molecular formula is C19H25NO5S. The molecule has 2 aromatic carbocycles. The zero-order valence-electron chi connectivity index (χ0n) is 15.5. The predicted octanol–water partition coefficient (Wildman–Crippen LogP) is 2.93. The maximum atomic E-state index is 12.5. The quantitative estimate of drug-likeness (QED) is 0.725. The Morgan fingerprint density at radius 3 is 2.27 bits per heavy atom. The number of hydrogen-bond donors (Lipinski definition) is 1. The molecule has 0 aliphatic rings. The van der Waals surface area contributed by atoms with Gasteiger partial charge in [-0.05, 0) is 61.7 Å².